The van der Waals surface area contributed by atoms with Crippen LogP contribution >= 0.6 is 0 Å². The molecule has 1 fully saturated rings. The summed E-state index contributed by atoms with van der Waals surface area (Å²) in [6.45, 7) is 3.95. The molecule has 1 aromatic carbocycles. The summed E-state index contributed by atoms with van der Waals surface area (Å²) in [5, 5.41) is 1.99. The van der Waals surface area contributed by atoms with Crippen molar-refractivity contribution < 1.29 is 9.53 Å². The van der Waals surface area contributed by atoms with E-state index in [0.717, 1.165) is 19.5 Å². The van der Waals surface area contributed by atoms with Crippen LogP contribution in [0.5, 0.6) is 0 Å². The van der Waals surface area contributed by atoms with E-state index in [0.29, 0.717) is 12.5 Å². The summed E-state index contributed by atoms with van der Waals surface area (Å²) < 4.78 is 4.77. The highest BCUT2D eigenvalue weighted by Gasteiger charge is 2.23. The van der Waals surface area contributed by atoms with Crippen molar-refractivity contribution in [3.05, 3.63) is 35.9 Å². The Bertz CT molecular complexity index is 383. The maximum atomic E-state index is 11.1. The van der Waals surface area contributed by atoms with Crippen LogP contribution in [0.1, 0.15) is 24.8 Å². The van der Waals surface area contributed by atoms with Crippen LogP contribution in [-0.2, 0) is 4.74 Å². The molecule has 1 amide bonds. The number of carbonyl (C=O) groups excluding carboxylic acids is 1. The van der Waals surface area contributed by atoms with Gasteiger partial charge in [0.1, 0.15) is 0 Å². The van der Waals surface area contributed by atoms with Crippen molar-refractivity contribution in [2.75, 3.05) is 19.7 Å². The molecule has 0 bridgehead atoms. The zero-order chi connectivity index (χ0) is 12.8. The molecule has 5 heteroatoms. The van der Waals surface area contributed by atoms with Crippen LogP contribution < -0.4 is 11.0 Å². The van der Waals surface area contributed by atoms with Crippen LogP contribution in [0.4, 0.5) is 4.79 Å². The first-order valence-electron chi connectivity index (χ1n) is 6.28. The van der Waals surface area contributed by atoms with Crippen molar-refractivity contribution in [1.29, 1.82) is 0 Å². The van der Waals surface area contributed by atoms with Crippen molar-refractivity contribution in [2.24, 2.45) is 0 Å². The SMILES string of the molecule is CCOC(=O)NNN1CCC(c2ccccc2)C1. The zero-order valence-electron chi connectivity index (χ0n) is 10.6. The number of rotatable bonds is 4. The molecule has 1 aromatic rings. The van der Waals surface area contributed by atoms with Crippen LogP contribution in [0.25, 0.3) is 0 Å². The van der Waals surface area contributed by atoms with E-state index in [4.69, 9.17) is 4.74 Å². The molecular formula is C13H19N3O2. The summed E-state index contributed by atoms with van der Waals surface area (Å²) >= 11 is 0. The Hall–Kier alpha value is -1.59. The summed E-state index contributed by atoms with van der Waals surface area (Å²) in [6, 6.07) is 10.4. The number of benzene rings is 1. The maximum absolute atomic E-state index is 11.1. The van der Waals surface area contributed by atoms with Crippen molar-refractivity contribution in [3.63, 3.8) is 0 Å². The summed E-state index contributed by atoms with van der Waals surface area (Å²) in [6.07, 6.45) is 0.641. The molecule has 1 heterocycles. The molecule has 98 valence electrons. The Kier molecular flexibility index (Phi) is 4.55. The smallest absolute Gasteiger partial charge is 0.422 e. The second-order valence-corrected chi connectivity index (χ2v) is 4.30. The standard InChI is InChI=1S/C13H19N3O2/c1-2-18-13(17)14-15-16-9-8-12(10-16)11-6-4-3-5-7-11/h3-7,12,15H,2,8-10H2,1H3,(H,14,17). The predicted molar refractivity (Wildman–Crippen MR) is 68.7 cm³/mol. The number of ether oxygens (including phenoxy) is 1. The fourth-order valence-corrected chi connectivity index (χ4v) is 2.15. The summed E-state index contributed by atoms with van der Waals surface area (Å²) in [5.41, 5.74) is 6.73. The first-order chi connectivity index (χ1) is 8.79. The Balaban J connectivity index is 1.77. The van der Waals surface area contributed by atoms with Gasteiger partial charge in [-0.25, -0.2) is 15.2 Å². The van der Waals surface area contributed by atoms with Crippen LogP contribution in [0.15, 0.2) is 30.3 Å². The monoisotopic (exact) mass is 249 g/mol. The minimum absolute atomic E-state index is 0.375. The molecule has 0 aromatic heterocycles. The van der Waals surface area contributed by atoms with Crippen LogP contribution in [0.2, 0.25) is 0 Å². The zero-order valence-corrected chi connectivity index (χ0v) is 10.6. The van der Waals surface area contributed by atoms with Gasteiger partial charge in [-0.3, -0.25) is 0 Å². The van der Waals surface area contributed by atoms with E-state index in [1.807, 2.05) is 11.1 Å². The number of hydrazine groups is 2. The van der Waals surface area contributed by atoms with Gasteiger partial charge in [0.2, 0.25) is 0 Å². The van der Waals surface area contributed by atoms with E-state index in [9.17, 15) is 4.79 Å². The third kappa shape index (κ3) is 3.45. The van der Waals surface area contributed by atoms with Crippen LogP contribution in [0.3, 0.4) is 0 Å². The van der Waals surface area contributed by atoms with E-state index in [1.165, 1.54) is 5.56 Å². The highest BCUT2D eigenvalue weighted by molar-refractivity contribution is 5.66. The van der Waals surface area contributed by atoms with E-state index in [-0.39, 0.29) is 0 Å². The minimum atomic E-state index is -0.444. The molecular weight excluding hydrogens is 230 g/mol. The van der Waals surface area contributed by atoms with Crippen molar-refractivity contribution in [1.82, 2.24) is 16.0 Å². The van der Waals surface area contributed by atoms with E-state index in [1.54, 1.807) is 6.92 Å². The van der Waals surface area contributed by atoms with Gasteiger partial charge < -0.3 is 4.74 Å². The number of carbonyl (C=O) groups is 1. The number of nitrogens with one attached hydrogen (secondary N) is 2. The Labute approximate surface area is 107 Å². The quantitative estimate of drug-likeness (QED) is 0.797. The average Bonchev–Trinajstić information content (AvgIpc) is 2.87. The maximum Gasteiger partial charge on any atom is 0.422 e. The molecule has 2 N–H and O–H groups in total. The molecule has 0 radical (unpaired) electrons. The van der Waals surface area contributed by atoms with Gasteiger partial charge in [0.25, 0.3) is 0 Å². The third-order valence-corrected chi connectivity index (χ3v) is 3.05. The Morgan fingerprint density at radius 2 is 2.22 bits per heavy atom. The molecule has 5 nitrogen and oxygen atoms in total. The summed E-state index contributed by atoms with van der Waals surface area (Å²) in [4.78, 5) is 11.1. The van der Waals surface area contributed by atoms with E-state index < -0.39 is 6.09 Å². The van der Waals surface area contributed by atoms with Gasteiger partial charge in [0.15, 0.2) is 0 Å². The second-order valence-electron chi connectivity index (χ2n) is 4.30. The van der Waals surface area contributed by atoms with Gasteiger partial charge in [-0.05, 0) is 24.8 Å². The van der Waals surface area contributed by atoms with Crippen LogP contribution in [-0.4, -0.2) is 30.8 Å². The number of hydrogen-bond acceptors (Lipinski definition) is 4. The molecule has 0 saturated carbocycles. The van der Waals surface area contributed by atoms with Gasteiger partial charge in [0, 0.05) is 13.1 Å². The van der Waals surface area contributed by atoms with E-state index in [2.05, 4.69) is 35.2 Å². The lowest BCUT2D eigenvalue weighted by atomic mass is 9.99. The lowest BCUT2D eigenvalue weighted by molar-refractivity contribution is 0.121. The number of hydrogen-bond donors (Lipinski definition) is 2. The minimum Gasteiger partial charge on any atom is -0.449 e. The normalized spacial score (nSPS) is 19.7. The Morgan fingerprint density at radius 3 is 2.94 bits per heavy atom. The summed E-state index contributed by atoms with van der Waals surface area (Å²) in [5.74, 6) is 0.516. The molecule has 1 saturated heterocycles. The molecule has 2 rings (SSSR count). The first-order valence-corrected chi connectivity index (χ1v) is 6.28. The topological polar surface area (TPSA) is 53.6 Å². The second kappa shape index (κ2) is 6.37. The molecule has 1 aliphatic heterocycles. The predicted octanol–water partition coefficient (Wildman–Crippen LogP) is 1.64. The number of nitrogens with zero attached hydrogens (tertiary/aromatic N) is 1. The average molecular weight is 249 g/mol. The fourth-order valence-electron chi connectivity index (χ4n) is 2.15. The lowest BCUT2D eigenvalue weighted by Crippen LogP contribution is -2.48. The molecule has 1 aliphatic rings. The van der Waals surface area contributed by atoms with Gasteiger partial charge in [-0.2, -0.15) is 5.53 Å². The fraction of sp³-hybridized carbons (Fsp3) is 0.462. The molecule has 1 unspecified atom stereocenters. The van der Waals surface area contributed by atoms with Crippen molar-refractivity contribution in [2.45, 2.75) is 19.3 Å². The molecule has 1 atom stereocenters. The Morgan fingerprint density at radius 1 is 1.44 bits per heavy atom. The van der Waals surface area contributed by atoms with Gasteiger partial charge in [0.05, 0.1) is 6.61 Å². The largest absolute Gasteiger partial charge is 0.449 e. The summed E-state index contributed by atoms with van der Waals surface area (Å²) in [7, 11) is 0. The molecule has 18 heavy (non-hydrogen) atoms. The van der Waals surface area contributed by atoms with Crippen molar-refractivity contribution in [3.8, 4) is 0 Å². The van der Waals surface area contributed by atoms with Crippen molar-refractivity contribution >= 4 is 6.09 Å². The van der Waals surface area contributed by atoms with Gasteiger partial charge in [-0.15, -0.1) is 0 Å². The lowest BCUT2D eigenvalue weighted by Gasteiger charge is -2.17. The molecule has 0 spiro atoms. The van der Waals surface area contributed by atoms with Gasteiger partial charge >= 0.3 is 6.09 Å². The molecule has 0 aliphatic carbocycles. The van der Waals surface area contributed by atoms with Crippen LogP contribution in [0, 0.1) is 0 Å². The number of amides is 1. The van der Waals surface area contributed by atoms with E-state index >= 15 is 0 Å². The highest BCUT2D eigenvalue weighted by Crippen LogP contribution is 2.25. The third-order valence-electron chi connectivity index (χ3n) is 3.05. The van der Waals surface area contributed by atoms with Gasteiger partial charge in [-0.1, -0.05) is 30.3 Å². The highest BCUT2D eigenvalue weighted by atomic mass is 16.6. The first kappa shape index (κ1) is 12.9.